The van der Waals surface area contributed by atoms with E-state index in [1.807, 2.05) is 11.8 Å². The van der Waals surface area contributed by atoms with E-state index < -0.39 is 0 Å². The molecule has 1 fully saturated rings. The van der Waals surface area contributed by atoms with Gasteiger partial charge >= 0.3 is 0 Å². The molecule has 1 aliphatic heterocycles. The van der Waals surface area contributed by atoms with Gasteiger partial charge in [-0.15, -0.1) is 24.8 Å². The molecule has 0 spiro atoms. The molecule has 2 N–H and O–H groups in total. The lowest BCUT2D eigenvalue weighted by Gasteiger charge is -2.35. The van der Waals surface area contributed by atoms with Crippen LogP contribution in [0.15, 0.2) is 24.3 Å². The largest absolute Gasteiger partial charge is 0.340 e. The monoisotopic (exact) mass is 361 g/mol. The first-order valence-corrected chi connectivity index (χ1v) is 7.86. The van der Waals surface area contributed by atoms with E-state index in [-0.39, 0.29) is 36.8 Å². The van der Waals surface area contributed by atoms with E-state index in [9.17, 15) is 4.79 Å². The Morgan fingerprint density at radius 2 is 1.87 bits per heavy atom. The minimum atomic E-state index is 0. The van der Waals surface area contributed by atoms with Crippen molar-refractivity contribution < 1.29 is 4.79 Å². The predicted molar refractivity (Wildman–Crippen MR) is 100 cm³/mol. The zero-order valence-electron chi connectivity index (χ0n) is 14.0. The highest BCUT2D eigenvalue weighted by Crippen LogP contribution is 2.11. The molecule has 1 atom stereocenters. The Labute approximate surface area is 152 Å². The fourth-order valence-corrected chi connectivity index (χ4v) is 2.73. The summed E-state index contributed by atoms with van der Waals surface area (Å²) in [4.78, 5) is 16.5. The fourth-order valence-electron chi connectivity index (χ4n) is 2.73. The van der Waals surface area contributed by atoms with Crippen molar-refractivity contribution in [1.82, 2.24) is 9.80 Å². The summed E-state index contributed by atoms with van der Waals surface area (Å²) in [5.41, 5.74) is 8.37. The third kappa shape index (κ3) is 7.53. The molecule has 1 aromatic rings. The van der Waals surface area contributed by atoms with Crippen LogP contribution in [0.1, 0.15) is 30.9 Å². The number of hydrogen-bond donors (Lipinski definition) is 1. The highest BCUT2D eigenvalue weighted by atomic mass is 35.5. The lowest BCUT2D eigenvalue weighted by atomic mass is 10.1. The molecule has 1 heterocycles. The Bertz CT molecular complexity index is 475. The van der Waals surface area contributed by atoms with Crippen LogP contribution in [0, 0.1) is 6.92 Å². The van der Waals surface area contributed by atoms with Crippen molar-refractivity contribution in [2.24, 2.45) is 5.73 Å². The minimum absolute atomic E-state index is 0. The summed E-state index contributed by atoms with van der Waals surface area (Å²) in [5, 5.41) is 0. The number of piperazine rings is 1. The van der Waals surface area contributed by atoms with Gasteiger partial charge in [0.25, 0.3) is 0 Å². The minimum Gasteiger partial charge on any atom is -0.340 e. The number of nitrogens with zero attached hydrogens (tertiary/aromatic N) is 2. The number of halogens is 2. The van der Waals surface area contributed by atoms with E-state index >= 15 is 0 Å². The number of carbonyl (C=O) groups excluding carboxylic acids is 1. The van der Waals surface area contributed by atoms with Crippen molar-refractivity contribution in [3.63, 3.8) is 0 Å². The van der Waals surface area contributed by atoms with Crippen LogP contribution in [-0.4, -0.2) is 47.9 Å². The zero-order valence-corrected chi connectivity index (χ0v) is 15.7. The molecule has 23 heavy (non-hydrogen) atoms. The third-order valence-electron chi connectivity index (χ3n) is 4.03. The van der Waals surface area contributed by atoms with E-state index in [1.54, 1.807) is 0 Å². The number of amides is 1. The van der Waals surface area contributed by atoms with Crippen LogP contribution in [0.3, 0.4) is 0 Å². The van der Waals surface area contributed by atoms with E-state index in [4.69, 9.17) is 5.73 Å². The van der Waals surface area contributed by atoms with Gasteiger partial charge < -0.3 is 10.6 Å². The van der Waals surface area contributed by atoms with Gasteiger partial charge in [0.2, 0.25) is 5.91 Å². The fraction of sp³-hybridized carbons (Fsp3) is 0.588. The average Bonchev–Trinajstić information content (AvgIpc) is 2.45. The molecule has 0 saturated carbocycles. The van der Waals surface area contributed by atoms with Crippen LogP contribution < -0.4 is 5.73 Å². The first kappa shape index (κ1) is 22.2. The smallest absolute Gasteiger partial charge is 0.222 e. The number of aryl methyl sites for hydroxylation is 1. The number of carbonyl (C=O) groups is 1. The summed E-state index contributed by atoms with van der Waals surface area (Å²) in [6.07, 6.45) is 1.36. The molecule has 2 rings (SSSR count). The van der Waals surface area contributed by atoms with Gasteiger partial charge in [0.1, 0.15) is 0 Å². The SMILES string of the molecule is Cc1cccc(CN2CCN(C(=O)CCC(C)N)CC2)c1.Cl.Cl. The van der Waals surface area contributed by atoms with Crippen molar-refractivity contribution in [2.45, 2.75) is 39.3 Å². The Morgan fingerprint density at radius 1 is 1.22 bits per heavy atom. The van der Waals surface area contributed by atoms with Gasteiger partial charge in [-0.25, -0.2) is 0 Å². The molecular formula is C17H29Cl2N3O. The molecule has 0 aliphatic carbocycles. The third-order valence-corrected chi connectivity index (χ3v) is 4.03. The van der Waals surface area contributed by atoms with Crippen molar-refractivity contribution in [3.05, 3.63) is 35.4 Å². The molecule has 0 radical (unpaired) electrons. The lowest BCUT2D eigenvalue weighted by Crippen LogP contribution is -2.48. The highest BCUT2D eigenvalue weighted by molar-refractivity contribution is 5.85. The highest BCUT2D eigenvalue weighted by Gasteiger charge is 2.20. The maximum absolute atomic E-state index is 12.1. The van der Waals surface area contributed by atoms with E-state index in [1.165, 1.54) is 11.1 Å². The number of rotatable bonds is 5. The summed E-state index contributed by atoms with van der Waals surface area (Å²) in [6, 6.07) is 8.75. The number of nitrogens with two attached hydrogens (primary N) is 1. The first-order valence-electron chi connectivity index (χ1n) is 7.86. The summed E-state index contributed by atoms with van der Waals surface area (Å²) < 4.78 is 0. The van der Waals surface area contributed by atoms with Gasteiger partial charge in [0.15, 0.2) is 0 Å². The van der Waals surface area contributed by atoms with Gasteiger partial charge in [0.05, 0.1) is 0 Å². The second kappa shape index (κ2) is 10.9. The molecule has 1 saturated heterocycles. The Kier molecular flexibility index (Phi) is 10.5. The van der Waals surface area contributed by atoms with Crippen LogP contribution in [0.5, 0.6) is 0 Å². The van der Waals surface area contributed by atoms with Gasteiger partial charge in [0, 0.05) is 45.2 Å². The molecule has 0 aromatic heterocycles. The van der Waals surface area contributed by atoms with E-state index in [0.29, 0.717) is 6.42 Å². The predicted octanol–water partition coefficient (Wildman–Crippen LogP) is 2.61. The van der Waals surface area contributed by atoms with Gasteiger partial charge in [-0.1, -0.05) is 29.8 Å². The van der Waals surface area contributed by atoms with E-state index in [0.717, 1.165) is 39.1 Å². The lowest BCUT2D eigenvalue weighted by molar-refractivity contribution is -0.133. The molecular weight excluding hydrogens is 333 g/mol. The molecule has 132 valence electrons. The van der Waals surface area contributed by atoms with Crippen LogP contribution in [0.2, 0.25) is 0 Å². The van der Waals surface area contributed by atoms with Crippen molar-refractivity contribution in [1.29, 1.82) is 0 Å². The number of hydrogen-bond acceptors (Lipinski definition) is 3. The van der Waals surface area contributed by atoms with Crippen molar-refractivity contribution in [3.8, 4) is 0 Å². The van der Waals surface area contributed by atoms with Crippen LogP contribution in [0.25, 0.3) is 0 Å². The molecule has 6 heteroatoms. The molecule has 1 aromatic carbocycles. The van der Waals surface area contributed by atoms with Crippen molar-refractivity contribution in [2.75, 3.05) is 26.2 Å². The Hall–Kier alpha value is -0.810. The van der Waals surface area contributed by atoms with Gasteiger partial charge in [-0.3, -0.25) is 9.69 Å². The normalized spacial score (nSPS) is 16.2. The van der Waals surface area contributed by atoms with Gasteiger partial charge in [-0.2, -0.15) is 0 Å². The quantitative estimate of drug-likeness (QED) is 0.876. The topological polar surface area (TPSA) is 49.6 Å². The Morgan fingerprint density at radius 3 is 2.43 bits per heavy atom. The standard InChI is InChI=1S/C17H27N3O.2ClH/c1-14-4-3-5-16(12-14)13-19-8-10-20(11-9-19)17(21)7-6-15(2)18;;/h3-5,12,15H,6-11,13,18H2,1-2H3;2*1H. The van der Waals surface area contributed by atoms with E-state index in [2.05, 4.69) is 36.1 Å². The number of benzene rings is 1. The van der Waals surface area contributed by atoms with Crippen LogP contribution in [-0.2, 0) is 11.3 Å². The van der Waals surface area contributed by atoms with Crippen LogP contribution in [0.4, 0.5) is 0 Å². The zero-order chi connectivity index (χ0) is 15.2. The van der Waals surface area contributed by atoms with Crippen molar-refractivity contribution >= 4 is 30.7 Å². The summed E-state index contributed by atoms with van der Waals surface area (Å²) in [7, 11) is 0. The van der Waals surface area contributed by atoms with Gasteiger partial charge in [-0.05, 0) is 25.8 Å². The summed E-state index contributed by atoms with van der Waals surface area (Å²) >= 11 is 0. The Balaban J connectivity index is 0.00000242. The molecule has 0 bridgehead atoms. The maximum Gasteiger partial charge on any atom is 0.222 e. The second-order valence-electron chi connectivity index (χ2n) is 6.16. The summed E-state index contributed by atoms with van der Waals surface area (Å²) in [5.74, 6) is 0.252. The molecule has 1 aliphatic rings. The summed E-state index contributed by atoms with van der Waals surface area (Å²) in [6.45, 7) is 8.64. The second-order valence-corrected chi connectivity index (χ2v) is 6.16. The maximum atomic E-state index is 12.1. The molecule has 1 unspecified atom stereocenters. The molecule has 4 nitrogen and oxygen atoms in total. The molecule has 1 amide bonds. The first-order chi connectivity index (χ1) is 10.0. The average molecular weight is 362 g/mol. The van der Waals surface area contributed by atoms with Crippen LogP contribution >= 0.6 is 24.8 Å².